The standard InChI is InChI=1S/C11H12BFO3S/c1-7(13)6-16-9-3-2-8-4-11(12(14)15)17-10(8)5-9/h2-5,7,14-15H,6H2,1H3. The van der Waals surface area contributed by atoms with E-state index in [2.05, 4.69) is 0 Å². The van der Waals surface area contributed by atoms with E-state index in [9.17, 15) is 4.39 Å². The maximum Gasteiger partial charge on any atom is 0.499 e. The summed E-state index contributed by atoms with van der Waals surface area (Å²) in [5.41, 5.74) is 0. The second kappa shape index (κ2) is 5.04. The molecule has 0 saturated carbocycles. The SMILES string of the molecule is CC(F)COc1ccc2cc(B(O)O)sc2c1. The second-order valence-electron chi connectivity index (χ2n) is 3.81. The summed E-state index contributed by atoms with van der Waals surface area (Å²) in [6.07, 6.45) is -1.01. The molecule has 2 rings (SSSR count). The van der Waals surface area contributed by atoms with Gasteiger partial charge in [-0.1, -0.05) is 0 Å². The van der Waals surface area contributed by atoms with Crippen LogP contribution in [0.25, 0.3) is 10.1 Å². The van der Waals surface area contributed by atoms with Gasteiger partial charge in [-0.15, -0.1) is 11.3 Å². The molecular weight excluding hydrogens is 242 g/mol. The third kappa shape index (κ3) is 2.97. The first-order valence-corrected chi connectivity index (χ1v) is 6.04. The lowest BCUT2D eigenvalue weighted by atomic mass is 9.89. The van der Waals surface area contributed by atoms with Crippen LogP contribution < -0.4 is 9.51 Å². The van der Waals surface area contributed by atoms with Crippen LogP contribution in [0.2, 0.25) is 0 Å². The summed E-state index contributed by atoms with van der Waals surface area (Å²) in [5, 5.41) is 19.0. The number of alkyl halides is 1. The molecule has 0 aliphatic carbocycles. The maximum atomic E-state index is 12.6. The molecule has 17 heavy (non-hydrogen) atoms. The highest BCUT2D eigenvalue weighted by molar-refractivity contribution is 7.27. The Morgan fingerprint density at radius 3 is 2.82 bits per heavy atom. The lowest BCUT2D eigenvalue weighted by molar-refractivity contribution is 0.210. The van der Waals surface area contributed by atoms with Gasteiger partial charge in [0.05, 0.1) is 0 Å². The van der Waals surface area contributed by atoms with E-state index in [-0.39, 0.29) is 6.61 Å². The number of halogens is 1. The molecule has 0 amide bonds. The summed E-state index contributed by atoms with van der Waals surface area (Å²) in [4.78, 5) is 0. The first-order chi connectivity index (χ1) is 8.06. The number of fused-ring (bicyclic) bond motifs is 1. The average Bonchev–Trinajstić information content (AvgIpc) is 2.69. The van der Waals surface area contributed by atoms with E-state index in [1.54, 1.807) is 18.2 Å². The highest BCUT2D eigenvalue weighted by Crippen LogP contribution is 2.24. The van der Waals surface area contributed by atoms with E-state index in [1.807, 2.05) is 6.07 Å². The van der Waals surface area contributed by atoms with E-state index in [0.29, 0.717) is 10.5 Å². The number of hydrogen-bond donors (Lipinski definition) is 2. The van der Waals surface area contributed by atoms with Gasteiger partial charge in [0, 0.05) is 9.48 Å². The van der Waals surface area contributed by atoms with Crippen molar-refractivity contribution in [1.29, 1.82) is 0 Å². The molecule has 0 spiro atoms. The molecule has 1 heterocycles. The Kier molecular flexibility index (Phi) is 3.66. The summed E-state index contributed by atoms with van der Waals surface area (Å²) in [5.74, 6) is 0.586. The molecule has 0 bridgehead atoms. The van der Waals surface area contributed by atoms with Crippen LogP contribution >= 0.6 is 11.3 Å². The van der Waals surface area contributed by atoms with E-state index in [0.717, 1.165) is 10.1 Å². The Labute approximate surface area is 103 Å². The quantitative estimate of drug-likeness (QED) is 0.809. The molecule has 0 saturated heterocycles. The van der Waals surface area contributed by atoms with E-state index in [4.69, 9.17) is 14.8 Å². The van der Waals surface area contributed by atoms with Crippen molar-refractivity contribution in [3.63, 3.8) is 0 Å². The van der Waals surface area contributed by atoms with Crippen LogP contribution in [-0.2, 0) is 0 Å². The predicted octanol–water partition coefficient (Wildman–Crippen LogP) is 1.32. The van der Waals surface area contributed by atoms with Gasteiger partial charge in [-0.2, -0.15) is 0 Å². The van der Waals surface area contributed by atoms with E-state index >= 15 is 0 Å². The average molecular weight is 254 g/mol. The Balaban J connectivity index is 2.24. The fourth-order valence-corrected chi connectivity index (χ4v) is 2.43. The predicted molar refractivity (Wildman–Crippen MR) is 67.7 cm³/mol. The third-order valence-electron chi connectivity index (χ3n) is 2.24. The summed E-state index contributed by atoms with van der Waals surface area (Å²) in [6.45, 7) is 1.45. The van der Waals surface area contributed by atoms with Crippen molar-refractivity contribution in [2.24, 2.45) is 0 Å². The Bertz CT molecular complexity index is 512. The van der Waals surface area contributed by atoms with Crippen LogP contribution in [0, 0.1) is 0 Å². The van der Waals surface area contributed by atoms with Crippen LogP contribution in [0.1, 0.15) is 6.92 Å². The van der Waals surface area contributed by atoms with Gasteiger partial charge >= 0.3 is 7.12 Å². The number of benzene rings is 1. The molecule has 2 aromatic rings. The van der Waals surface area contributed by atoms with Crippen LogP contribution in [0.5, 0.6) is 5.75 Å². The highest BCUT2D eigenvalue weighted by atomic mass is 32.1. The van der Waals surface area contributed by atoms with Gasteiger partial charge in [0.1, 0.15) is 18.5 Å². The van der Waals surface area contributed by atoms with E-state index in [1.165, 1.54) is 18.3 Å². The van der Waals surface area contributed by atoms with Crippen molar-refractivity contribution in [1.82, 2.24) is 0 Å². The van der Waals surface area contributed by atoms with Crippen LogP contribution in [0.3, 0.4) is 0 Å². The highest BCUT2D eigenvalue weighted by Gasteiger charge is 2.14. The fourth-order valence-electron chi connectivity index (χ4n) is 1.46. The zero-order chi connectivity index (χ0) is 12.4. The van der Waals surface area contributed by atoms with Gasteiger partial charge in [0.25, 0.3) is 0 Å². The molecule has 1 unspecified atom stereocenters. The number of hydrogen-bond acceptors (Lipinski definition) is 4. The Morgan fingerprint density at radius 1 is 1.41 bits per heavy atom. The molecule has 6 heteroatoms. The molecule has 1 aromatic carbocycles. The zero-order valence-electron chi connectivity index (χ0n) is 9.26. The summed E-state index contributed by atoms with van der Waals surface area (Å²) >= 11 is 1.28. The maximum absolute atomic E-state index is 12.6. The van der Waals surface area contributed by atoms with Gasteiger partial charge in [-0.25, -0.2) is 4.39 Å². The first-order valence-electron chi connectivity index (χ1n) is 5.23. The summed E-state index contributed by atoms with van der Waals surface area (Å²) < 4.78 is 19.2. The molecule has 90 valence electrons. The van der Waals surface area contributed by atoms with Crippen molar-refractivity contribution >= 4 is 33.3 Å². The lowest BCUT2D eigenvalue weighted by Crippen LogP contribution is -2.26. The van der Waals surface area contributed by atoms with Crippen molar-refractivity contribution < 1.29 is 19.2 Å². The number of rotatable bonds is 4. The minimum absolute atomic E-state index is 0.0202. The molecule has 2 N–H and O–H groups in total. The normalized spacial score (nSPS) is 12.7. The molecule has 0 radical (unpaired) electrons. The minimum atomic E-state index is -1.46. The molecule has 1 atom stereocenters. The number of ether oxygens (including phenoxy) is 1. The fraction of sp³-hybridized carbons (Fsp3) is 0.273. The molecule has 0 aliphatic rings. The third-order valence-corrected chi connectivity index (χ3v) is 3.38. The van der Waals surface area contributed by atoms with Crippen molar-refractivity contribution in [3.05, 3.63) is 24.3 Å². The van der Waals surface area contributed by atoms with Crippen molar-refractivity contribution in [2.45, 2.75) is 13.1 Å². The van der Waals surface area contributed by atoms with Gasteiger partial charge in [0.2, 0.25) is 0 Å². The molecular formula is C11H12BFO3S. The molecule has 1 aromatic heterocycles. The van der Waals surface area contributed by atoms with Crippen molar-refractivity contribution in [3.8, 4) is 5.75 Å². The monoisotopic (exact) mass is 254 g/mol. The molecule has 0 fully saturated rings. The van der Waals surface area contributed by atoms with Crippen LogP contribution in [0.4, 0.5) is 4.39 Å². The van der Waals surface area contributed by atoms with Gasteiger partial charge in [0.15, 0.2) is 0 Å². The summed E-state index contributed by atoms with van der Waals surface area (Å²) in [7, 11) is -1.46. The number of thiophene rings is 1. The van der Waals surface area contributed by atoms with Gasteiger partial charge in [-0.3, -0.25) is 0 Å². The molecule has 3 nitrogen and oxygen atoms in total. The topological polar surface area (TPSA) is 49.7 Å². The lowest BCUT2D eigenvalue weighted by Gasteiger charge is -2.06. The van der Waals surface area contributed by atoms with Gasteiger partial charge < -0.3 is 14.8 Å². The summed E-state index contributed by atoms with van der Waals surface area (Å²) in [6, 6.07) is 7.04. The molecule has 0 aliphatic heterocycles. The smallest absolute Gasteiger partial charge is 0.491 e. The first kappa shape index (κ1) is 12.4. The zero-order valence-corrected chi connectivity index (χ0v) is 10.1. The largest absolute Gasteiger partial charge is 0.499 e. The second-order valence-corrected chi connectivity index (χ2v) is 4.93. The minimum Gasteiger partial charge on any atom is -0.491 e. The Hall–Kier alpha value is -1.11. The van der Waals surface area contributed by atoms with Crippen LogP contribution in [-0.4, -0.2) is 29.9 Å². The van der Waals surface area contributed by atoms with Gasteiger partial charge in [-0.05, 0) is 36.6 Å². The Morgan fingerprint density at radius 2 is 2.18 bits per heavy atom. The van der Waals surface area contributed by atoms with Crippen LogP contribution in [0.15, 0.2) is 24.3 Å². The van der Waals surface area contributed by atoms with Crippen molar-refractivity contribution in [2.75, 3.05) is 6.61 Å². The van der Waals surface area contributed by atoms with E-state index < -0.39 is 13.3 Å².